The average molecular weight is 289 g/mol. The van der Waals surface area contributed by atoms with Crippen LogP contribution >= 0.6 is 0 Å². The number of carbonyl (C=O) groups is 2. The van der Waals surface area contributed by atoms with Gasteiger partial charge in [0.05, 0.1) is 11.1 Å². The topological polar surface area (TPSA) is 62.3 Å². The maximum atomic E-state index is 12.5. The molecular weight excluding hydrogens is 266 g/mol. The number of nitrogens with one attached hydrogen (secondary N) is 1. The van der Waals surface area contributed by atoms with Gasteiger partial charge in [-0.15, -0.1) is 0 Å². The zero-order chi connectivity index (χ0) is 15.1. The number of rotatable bonds is 4. The number of carbonyl (C=O) groups excluding carboxylic acids is 2. The summed E-state index contributed by atoms with van der Waals surface area (Å²) in [5.41, 5.74) is 0.949. The van der Waals surface area contributed by atoms with Crippen LogP contribution in [0.5, 0.6) is 0 Å². The number of aromatic nitrogens is 1. The monoisotopic (exact) mass is 289 g/mol. The van der Waals surface area contributed by atoms with E-state index < -0.39 is 0 Å². The third-order valence-corrected chi connectivity index (χ3v) is 3.68. The summed E-state index contributed by atoms with van der Waals surface area (Å²) in [5.74, 6) is -0.190. The number of hydrogen-bond donors (Lipinski definition) is 1. The second-order valence-electron chi connectivity index (χ2n) is 5.42. The summed E-state index contributed by atoms with van der Waals surface area (Å²) >= 11 is 0. The second kappa shape index (κ2) is 7.76. The Morgan fingerprint density at radius 2 is 1.81 bits per heavy atom. The molecule has 0 spiro atoms. The molecule has 2 heterocycles. The molecule has 2 rings (SSSR count). The van der Waals surface area contributed by atoms with Crippen molar-refractivity contribution in [2.75, 3.05) is 19.6 Å². The minimum atomic E-state index is -0.171. The Balaban J connectivity index is 2.08. The van der Waals surface area contributed by atoms with E-state index in [9.17, 15) is 9.59 Å². The minimum absolute atomic E-state index is 0.0189. The van der Waals surface area contributed by atoms with Crippen molar-refractivity contribution in [3.05, 3.63) is 29.6 Å². The number of hydrogen-bond acceptors (Lipinski definition) is 3. The van der Waals surface area contributed by atoms with E-state index in [0.29, 0.717) is 17.7 Å². The van der Waals surface area contributed by atoms with Crippen molar-refractivity contribution >= 4 is 11.8 Å². The first-order valence-electron chi connectivity index (χ1n) is 7.75. The fraction of sp³-hybridized carbons (Fsp3) is 0.562. The Morgan fingerprint density at radius 1 is 1.14 bits per heavy atom. The molecule has 1 aliphatic rings. The first kappa shape index (κ1) is 15.5. The number of nitrogens with zero attached hydrogens (tertiary/aromatic N) is 2. The summed E-state index contributed by atoms with van der Waals surface area (Å²) in [5, 5.41) is 2.80. The fourth-order valence-electron chi connectivity index (χ4n) is 2.48. The predicted octanol–water partition coefficient (Wildman–Crippen LogP) is 2.24. The highest BCUT2D eigenvalue weighted by atomic mass is 16.2. The lowest BCUT2D eigenvalue weighted by atomic mass is 10.1. The molecule has 1 aliphatic heterocycles. The van der Waals surface area contributed by atoms with Crippen LogP contribution in [0, 0.1) is 0 Å². The third-order valence-electron chi connectivity index (χ3n) is 3.68. The molecule has 0 bridgehead atoms. The summed E-state index contributed by atoms with van der Waals surface area (Å²) in [7, 11) is 0. The van der Waals surface area contributed by atoms with E-state index in [0.717, 1.165) is 32.4 Å². The number of likely N-dealkylation sites (tertiary alicyclic amines) is 1. The van der Waals surface area contributed by atoms with Gasteiger partial charge >= 0.3 is 0 Å². The summed E-state index contributed by atoms with van der Waals surface area (Å²) in [4.78, 5) is 30.3. The molecule has 0 aromatic carbocycles. The van der Waals surface area contributed by atoms with Crippen molar-refractivity contribution < 1.29 is 9.59 Å². The van der Waals surface area contributed by atoms with E-state index >= 15 is 0 Å². The van der Waals surface area contributed by atoms with E-state index in [1.807, 2.05) is 11.8 Å². The van der Waals surface area contributed by atoms with Gasteiger partial charge in [-0.25, -0.2) is 0 Å². The molecule has 1 saturated heterocycles. The first-order valence-corrected chi connectivity index (χ1v) is 7.75. The van der Waals surface area contributed by atoms with Crippen molar-refractivity contribution in [3.63, 3.8) is 0 Å². The van der Waals surface area contributed by atoms with E-state index in [4.69, 9.17) is 0 Å². The van der Waals surface area contributed by atoms with Crippen LogP contribution in [0.15, 0.2) is 18.5 Å². The predicted molar refractivity (Wildman–Crippen MR) is 81.2 cm³/mol. The normalized spacial score (nSPS) is 15.4. The summed E-state index contributed by atoms with van der Waals surface area (Å²) in [6.07, 6.45) is 8.40. The molecule has 1 N–H and O–H groups in total. The molecule has 1 aromatic rings. The van der Waals surface area contributed by atoms with Crippen LogP contribution in [0.25, 0.3) is 0 Å². The van der Waals surface area contributed by atoms with E-state index in [-0.39, 0.29) is 11.8 Å². The van der Waals surface area contributed by atoms with Crippen LogP contribution in [0.1, 0.15) is 59.7 Å². The van der Waals surface area contributed by atoms with Gasteiger partial charge in [-0.05, 0) is 25.3 Å². The highest BCUT2D eigenvalue weighted by molar-refractivity contribution is 5.99. The highest BCUT2D eigenvalue weighted by Gasteiger charge is 2.18. The zero-order valence-electron chi connectivity index (χ0n) is 12.6. The largest absolute Gasteiger partial charge is 0.352 e. The van der Waals surface area contributed by atoms with Crippen molar-refractivity contribution in [2.45, 2.75) is 39.0 Å². The molecular formula is C16H23N3O2. The average Bonchev–Trinajstić information content (AvgIpc) is 2.81. The van der Waals surface area contributed by atoms with Gasteiger partial charge in [0.1, 0.15) is 0 Å². The lowest BCUT2D eigenvalue weighted by molar-refractivity contribution is 0.0761. The van der Waals surface area contributed by atoms with Gasteiger partial charge in [-0.3, -0.25) is 14.6 Å². The standard InChI is InChI=1S/C16H23N3O2/c1-2-7-18-15(20)13-10-14(12-17-11-13)16(21)19-8-5-3-4-6-9-19/h10-12H,2-9H2,1H3,(H,18,20). The zero-order valence-corrected chi connectivity index (χ0v) is 12.6. The lowest BCUT2D eigenvalue weighted by Crippen LogP contribution is -2.32. The fourth-order valence-corrected chi connectivity index (χ4v) is 2.48. The van der Waals surface area contributed by atoms with Gasteiger partial charge in [0, 0.05) is 32.0 Å². The van der Waals surface area contributed by atoms with Gasteiger partial charge in [-0.1, -0.05) is 19.8 Å². The molecule has 0 aliphatic carbocycles. The van der Waals surface area contributed by atoms with Gasteiger partial charge < -0.3 is 10.2 Å². The van der Waals surface area contributed by atoms with Gasteiger partial charge in [-0.2, -0.15) is 0 Å². The van der Waals surface area contributed by atoms with Crippen LogP contribution in [0.3, 0.4) is 0 Å². The second-order valence-corrected chi connectivity index (χ2v) is 5.42. The van der Waals surface area contributed by atoms with E-state index in [1.54, 1.807) is 12.3 Å². The van der Waals surface area contributed by atoms with E-state index in [2.05, 4.69) is 10.3 Å². The van der Waals surface area contributed by atoms with Crippen LogP contribution in [0.4, 0.5) is 0 Å². The maximum absolute atomic E-state index is 12.5. The number of pyridine rings is 1. The molecule has 2 amide bonds. The minimum Gasteiger partial charge on any atom is -0.352 e. The SMILES string of the molecule is CCCNC(=O)c1cncc(C(=O)N2CCCCCC2)c1. The Hall–Kier alpha value is -1.91. The van der Waals surface area contributed by atoms with Crippen molar-refractivity contribution in [2.24, 2.45) is 0 Å². The Morgan fingerprint density at radius 3 is 2.48 bits per heavy atom. The Bertz CT molecular complexity index is 494. The molecule has 0 saturated carbocycles. The summed E-state index contributed by atoms with van der Waals surface area (Å²) in [6.45, 7) is 4.22. The first-order chi connectivity index (χ1) is 10.2. The molecule has 5 heteroatoms. The number of amides is 2. The van der Waals surface area contributed by atoms with Crippen LogP contribution in [-0.2, 0) is 0 Å². The highest BCUT2D eigenvalue weighted by Crippen LogP contribution is 2.13. The van der Waals surface area contributed by atoms with Crippen molar-refractivity contribution in [3.8, 4) is 0 Å². The Labute approximate surface area is 125 Å². The van der Waals surface area contributed by atoms with Gasteiger partial charge in [0.25, 0.3) is 11.8 Å². The lowest BCUT2D eigenvalue weighted by Gasteiger charge is -2.20. The smallest absolute Gasteiger partial charge is 0.255 e. The molecule has 1 aromatic heterocycles. The maximum Gasteiger partial charge on any atom is 0.255 e. The third kappa shape index (κ3) is 4.28. The van der Waals surface area contributed by atoms with Crippen molar-refractivity contribution in [1.82, 2.24) is 15.2 Å². The van der Waals surface area contributed by atoms with Crippen LogP contribution in [0.2, 0.25) is 0 Å². The molecule has 0 radical (unpaired) electrons. The molecule has 1 fully saturated rings. The van der Waals surface area contributed by atoms with Crippen LogP contribution < -0.4 is 5.32 Å². The van der Waals surface area contributed by atoms with E-state index in [1.165, 1.54) is 19.0 Å². The van der Waals surface area contributed by atoms with Crippen molar-refractivity contribution in [1.29, 1.82) is 0 Å². The molecule has 0 unspecified atom stereocenters. The Kier molecular flexibility index (Phi) is 5.72. The molecule has 5 nitrogen and oxygen atoms in total. The molecule has 21 heavy (non-hydrogen) atoms. The quantitative estimate of drug-likeness (QED) is 0.924. The van der Waals surface area contributed by atoms with Gasteiger partial charge in [0.2, 0.25) is 0 Å². The summed E-state index contributed by atoms with van der Waals surface area (Å²) < 4.78 is 0. The van der Waals surface area contributed by atoms with Crippen LogP contribution in [-0.4, -0.2) is 41.3 Å². The molecule has 0 atom stereocenters. The summed E-state index contributed by atoms with van der Waals surface area (Å²) in [6, 6.07) is 1.64. The van der Waals surface area contributed by atoms with Gasteiger partial charge in [0.15, 0.2) is 0 Å². The molecule has 114 valence electrons.